The summed E-state index contributed by atoms with van der Waals surface area (Å²) in [7, 11) is 0. The fraction of sp³-hybridized carbons (Fsp3) is 0.243. The third kappa shape index (κ3) is 10.6. The minimum atomic E-state index is -0.305. The van der Waals surface area contributed by atoms with Gasteiger partial charge in [-0.05, 0) is 85.6 Å². The number of fused-ring (bicyclic) bond motifs is 3. The summed E-state index contributed by atoms with van der Waals surface area (Å²) < 4.78 is 9.42. The van der Waals surface area contributed by atoms with E-state index in [-0.39, 0.29) is 48.1 Å². The van der Waals surface area contributed by atoms with Gasteiger partial charge in [-0.1, -0.05) is 235 Å². The van der Waals surface area contributed by atoms with Crippen molar-refractivity contribution in [2.75, 3.05) is 9.80 Å². The Kier molecular flexibility index (Phi) is 14.8. The molecule has 0 amide bonds. The first-order valence-corrected chi connectivity index (χ1v) is 27.9. The van der Waals surface area contributed by atoms with Crippen LogP contribution in [0, 0.1) is 29.6 Å². The largest absolute Gasteiger partial charge is 0.509 e. The van der Waals surface area contributed by atoms with Crippen molar-refractivity contribution < 1.29 is 25.8 Å². The number of pyridine rings is 1. The summed E-state index contributed by atoms with van der Waals surface area (Å²) in [6.45, 7) is 32.3. The van der Waals surface area contributed by atoms with Crippen molar-refractivity contribution in [1.29, 1.82) is 0 Å². The molecule has 10 aromatic rings. The second-order valence-corrected chi connectivity index (χ2v) is 25.5. The van der Waals surface area contributed by atoms with Crippen LogP contribution in [0.5, 0.6) is 11.5 Å². The Balaban J connectivity index is 0.00000720. The van der Waals surface area contributed by atoms with Crippen molar-refractivity contribution in [3.05, 3.63) is 258 Å². The van der Waals surface area contributed by atoms with Gasteiger partial charge in [0.15, 0.2) is 0 Å². The van der Waals surface area contributed by atoms with Crippen molar-refractivity contribution in [2.45, 2.75) is 106 Å². The van der Waals surface area contributed by atoms with Crippen LogP contribution in [0.25, 0.3) is 49.9 Å². The van der Waals surface area contributed by atoms with E-state index in [9.17, 15) is 0 Å². The minimum absolute atomic E-state index is 0. The standard InChI is InChI=1S/C74H73N4O.Pt/c1-70(2,3)56-39-40-75-66(46-56)78-64-36-26-35-63(74(12,13)55-33-24-17-25-34-55)67(64)62-38-37-60(48-65(62)78)79-61-44-53(51-29-20-15-21-30-51)43-59(47-61)77-49-76(68(71(4,5)6)69(77)72(7,8)9)58-42-52(50-27-18-14-19-28-50)41-57(45-58)73(10,11)54-31-22-16-23-32-54;/h14-46,49H,1-13H3;/q-3;. The summed E-state index contributed by atoms with van der Waals surface area (Å²) in [5, 5.41) is 2.26. The summed E-state index contributed by atoms with van der Waals surface area (Å²) in [4.78, 5) is 9.88. The van der Waals surface area contributed by atoms with Crippen LogP contribution >= 0.6 is 0 Å². The normalized spacial score (nSPS) is 13.6. The van der Waals surface area contributed by atoms with Crippen LogP contribution in [0.2, 0.25) is 0 Å². The van der Waals surface area contributed by atoms with Crippen LogP contribution in [0.3, 0.4) is 0 Å². The van der Waals surface area contributed by atoms with E-state index in [1.807, 2.05) is 6.20 Å². The van der Waals surface area contributed by atoms with Crippen LogP contribution in [-0.4, -0.2) is 9.55 Å². The molecule has 0 unspecified atom stereocenters. The summed E-state index contributed by atoms with van der Waals surface area (Å²) in [5.74, 6) is 2.01. The number of rotatable bonds is 11. The number of benzene rings is 8. The summed E-state index contributed by atoms with van der Waals surface area (Å²) in [6, 6.07) is 77.5. The van der Waals surface area contributed by atoms with E-state index >= 15 is 0 Å². The van der Waals surface area contributed by atoms with Crippen molar-refractivity contribution in [2.24, 2.45) is 10.8 Å². The number of aromatic nitrogens is 2. The Labute approximate surface area is 490 Å². The van der Waals surface area contributed by atoms with Gasteiger partial charge in [-0.15, -0.1) is 53.6 Å². The Hall–Kier alpha value is -7.46. The van der Waals surface area contributed by atoms with Gasteiger partial charge in [0.25, 0.3) is 0 Å². The van der Waals surface area contributed by atoms with Crippen LogP contribution in [-0.2, 0) is 37.3 Å². The van der Waals surface area contributed by atoms with E-state index in [4.69, 9.17) is 9.72 Å². The van der Waals surface area contributed by atoms with Gasteiger partial charge in [0.2, 0.25) is 0 Å². The number of hydrogen-bond donors (Lipinski definition) is 0. The van der Waals surface area contributed by atoms with Crippen molar-refractivity contribution in [3.63, 3.8) is 0 Å². The molecule has 80 heavy (non-hydrogen) atoms. The zero-order chi connectivity index (χ0) is 55.6. The number of ether oxygens (including phenoxy) is 1. The maximum absolute atomic E-state index is 7.15. The number of hydrogen-bond acceptors (Lipinski definition) is 4. The smallest absolute Gasteiger partial charge is 0.135 e. The Morgan fingerprint density at radius 2 is 1.00 bits per heavy atom. The predicted octanol–water partition coefficient (Wildman–Crippen LogP) is 19.6. The molecule has 0 fully saturated rings. The molecule has 8 aromatic carbocycles. The molecule has 0 bridgehead atoms. The zero-order valence-electron chi connectivity index (χ0n) is 48.6. The SMILES string of the molecule is CC(C)(C)C1=C(C(C)(C)C)N(c2cc(-c3ccccc3)cc(C(C)(C)c3ccccc3)c2)[CH-]N1c1[c-]c(Oc2[c-]c3c(cc2)c2c(C(C)(C)c4ccccc4)cccc2n3-c2cc(C(C)(C)C)ccn2)cc(-c2ccccc2)c1.[Pt]. The van der Waals surface area contributed by atoms with Crippen LogP contribution in [0.1, 0.15) is 118 Å². The van der Waals surface area contributed by atoms with Gasteiger partial charge in [-0.2, -0.15) is 6.07 Å². The Morgan fingerprint density at radius 1 is 0.438 bits per heavy atom. The molecule has 408 valence electrons. The van der Waals surface area contributed by atoms with Crippen molar-refractivity contribution >= 4 is 33.2 Å². The summed E-state index contributed by atoms with van der Waals surface area (Å²) in [6.07, 6.45) is 1.93. The quantitative estimate of drug-likeness (QED) is 0.121. The molecule has 0 saturated heterocycles. The first-order valence-electron chi connectivity index (χ1n) is 27.9. The van der Waals surface area contributed by atoms with Gasteiger partial charge in [0.05, 0.1) is 0 Å². The molecule has 0 saturated carbocycles. The average Bonchev–Trinajstić information content (AvgIpc) is 4.03. The van der Waals surface area contributed by atoms with E-state index in [2.05, 4.69) is 317 Å². The van der Waals surface area contributed by atoms with Gasteiger partial charge in [-0.25, -0.2) is 4.98 Å². The molecule has 11 rings (SSSR count). The van der Waals surface area contributed by atoms with Gasteiger partial charge in [0.1, 0.15) is 5.82 Å². The number of anilines is 2. The first-order chi connectivity index (χ1) is 37.6. The zero-order valence-corrected chi connectivity index (χ0v) is 50.9. The fourth-order valence-electron chi connectivity index (χ4n) is 11.6. The van der Waals surface area contributed by atoms with Crippen LogP contribution in [0.15, 0.2) is 212 Å². The molecule has 5 nitrogen and oxygen atoms in total. The molecular formula is C74H73N4OPt-3. The summed E-state index contributed by atoms with van der Waals surface area (Å²) in [5.41, 5.74) is 15.7. The van der Waals surface area contributed by atoms with Crippen molar-refractivity contribution in [3.8, 4) is 39.6 Å². The molecular weight excluding hydrogens is 1160 g/mol. The molecule has 0 atom stereocenters. The molecule has 0 radical (unpaired) electrons. The average molecular weight is 1230 g/mol. The first kappa shape index (κ1) is 55.8. The van der Waals surface area contributed by atoms with Gasteiger partial charge in [-0.3, -0.25) is 0 Å². The van der Waals surface area contributed by atoms with Gasteiger partial charge >= 0.3 is 0 Å². The van der Waals surface area contributed by atoms with Gasteiger partial charge in [0, 0.05) is 83.0 Å². The third-order valence-corrected chi connectivity index (χ3v) is 16.0. The van der Waals surface area contributed by atoms with E-state index in [0.29, 0.717) is 11.5 Å². The Bertz CT molecular complexity index is 3890. The van der Waals surface area contributed by atoms with Crippen molar-refractivity contribution in [1.82, 2.24) is 9.55 Å². The molecule has 1 aliphatic heterocycles. The Morgan fingerprint density at radius 3 is 1.59 bits per heavy atom. The maximum Gasteiger partial charge on any atom is 0.135 e. The molecule has 0 aliphatic carbocycles. The monoisotopic (exact) mass is 1230 g/mol. The molecule has 0 N–H and O–H groups in total. The summed E-state index contributed by atoms with van der Waals surface area (Å²) >= 11 is 0. The van der Waals surface area contributed by atoms with E-state index in [1.54, 1.807) is 0 Å². The van der Waals surface area contributed by atoms with E-state index < -0.39 is 0 Å². The third-order valence-electron chi connectivity index (χ3n) is 16.0. The molecule has 0 spiro atoms. The van der Waals surface area contributed by atoms with Crippen LogP contribution in [0.4, 0.5) is 11.4 Å². The van der Waals surface area contributed by atoms with Crippen LogP contribution < -0.4 is 14.5 Å². The second-order valence-electron chi connectivity index (χ2n) is 25.5. The molecule has 3 heterocycles. The minimum Gasteiger partial charge on any atom is -0.509 e. The maximum atomic E-state index is 7.15. The number of allylic oxidation sites excluding steroid dienone is 2. The number of nitrogens with zero attached hydrogens (tertiary/aromatic N) is 4. The molecule has 6 heteroatoms. The predicted molar refractivity (Wildman–Crippen MR) is 331 cm³/mol. The fourth-order valence-corrected chi connectivity index (χ4v) is 11.6. The van der Waals surface area contributed by atoms with Gasteiger partial charge < -0.3 is 19.1 Å². The topological polar surface area (TPSA) is 33.5 Å². The molecule has 2 aromatic heterocycles. The second kappa shape index (κ2) is 21.2. The molecule has 1 aliphatic rings. The van der Waals surface area contributed by atoms with E-state index in [0.717, 1.165) is 44.7 Å². The van der Waals surface area contributed by atoms with E-state index in [1.165, 1.54) is 55.7 Å².